The number of benzene rings is 1. The van der Waals surface area contributed by atoms with Crippen LogP contribution in [0.3, 0.4) is 0 Å². The minimum atomic E-state index is -2.87. The van der Waals surface area contributed by atoms with E-state index in [0.717, 1.165) is 12.8 Å². The molecule has 0 aromatic heterocycles. The van der Waals surface area contributed by atoms with Crippen molar-refractivity contribution in [2.24, 2.45) is 5.92 Å². The Bertz CT molecular complexity index is 531. The Morgan fingerprint density at radius 1 is 1.30 bits per heavy atom. The minimum absolute atomic E-state index is 0. The number of carbonyl (C=O) groups excluding carboxylic acids is 1. The molecule has 3 atom stereocenters. The maximum absolute atomic E-state index is 12.3. The van der Waals surface area contributed by atoms with E-state index in [9.17, 15) is 13.6 Å². The first kappa shape index (κ1) is 17.9. The summed E-state index contributed by atoms with van der Waals surface area (Å²) in [4.78, 5) is 12.3. The number of fused-ring (bicyclic) bond motifs is 1. The van der Waals surface area contributed by atoms with E-state index in [1.165, 1.54) is 31.4 Å². The largest absolute Gasteiger partial charge is 0.435 e. The van der Waals surface area contributed by atoms with E-state index in [4.69, 9.17) is 0 Å². The highest BCUT2D eigenvalue weighted by atomic mass is 35.5. The lowest BCUT2D eigenvalue weighted by atomic mass is 9.85. The summed E-state index contributed by atoms with van der Waals surface area (Å²) in [6.07, 6.45) is 5.62. The first-order chi connectivity index (χ1) is 10.6. The van der Waals surface area contributed by atoms with Crippen molar-refractivity contribution < 1.29 is 18.3 Å². The van der Waals surface area contributed by atoms with Crippen LogP contribution in [0.4, 0.5) is 14.5 Å². The fourth-order valence-corrected chi connectivity index (χ4v) is 3.50. The second-order valence-electron chi connectivity index (χ2n) is 6.00. The van der Waals surface area contributed by atoms with Gasteiger partial charge in [-0.05, 0) is 37.3 Å². The zero-order chi connectivity index (χ0) is 15.5. The van der Waals surface area contributed by atoms with Crippen LogP contribution in [0.25, 0.3) is 0 Å². The molecule has 1 saturated carbocycles. The summed E-state index contributed by atoms with van der Waals surface area (Å²) in [5.41, 5.74) is 0.472. The molecule has 1 aliphatic heterocycles. The van der Waals surface area contributed by atoms with Gasteiger partial charge in [-0.15, -0.1) is 12.4 Å². The van der Waals surface area contributed by atoms with Gasteiger partial charge in [-0.3, -0.25) is 4.79 Å². The third-order valence-corrected chi connectivity index (χ3v) is 4.51. The van der Waals surface area contributed by atoms with Gasteiger partial charge in [-0.1, -0.05) is 18.9 Å². The zero-order valence-corrected chi connectivity index (χ0v) is 13.5. The molecule has 1 heterocycles. The van der Waals surface area contributed by atoms with Gasteiger partial charge in [0.1, 0.15) is 5.75 Å². The van der Waals surface area contributed by atoms with Gasteiger partial charge in [0.25, 0.3) is 0 Å². The number of hydrogen-bond donors (Lipinski definition) is 2. The molecule has 7 heteroatoms. The second-order valence-corrected chi connectivity index (χ2v) is 6.00. The van der Waals surface area contributed by atoms with Crippen molar-refractivity contribution in [1.29, 1.82) is 0 Å². The summed E-state index contributed by atoms with van der Waals surface area (Å²) in [6.45, 7) is -2.87. The van der Waals surface area contributed by atoms with Gasteiger partial charge in [0, 0.05) is 17.8 Å². The van der Waals surface area contributed by atoms with E-state index < -0.39 is 6.61 Å². The number of alkyl halides is 2. The fourth-order valence-electron chi connectivity index (χ4n) is 3.50. The van der Waals surface area contributed by atoms with Gasteiger partial charge in [-0.25, -0.2) is 0 Å². The summed E-state index contributed by atoms with van der Waals surface area (Å²) in [5, 5.41) is 6.18. The van der Waals surface area contributed by atoms with Gasteiger partial charge in [0.2, 0.25) is 5.91 Å². The van der Waals surface area contributed by atoms with Crippen LogP contribution >= 0.6 is 12.4 Å². The van der Waals surface area contributed by atoms with Gasteiger partial charge >= 0.3 is 6.61 Å². The summed E-state index contributed by atoms with van der Waals surface area (Å²) >= 11 is 0. The number of hydrogen-bond acceptors (Lipinski definition) is 3. The van der Waals surface area contributed by atoms with Gasteiger partial charge in [0.15, 0.2) is 0 Å². The molecule has 1 aromatic carbocycles. The smallest absolute Gasteiger partial charge is 0.387 e. The predicted molar refractivity (Wildman–Crippen MR) is 86.2 cm³/mol. The van der Waals surface area contributed by atoms with Crippen LogP contribution in [-0.4, -0.2) is 24.6 Å². The lowest BCUT2D eigenvalue weighted by Crippen LogP contribution is -2.39. The van der Waals surface area contributed by atoms with Gasteiger partial charge < -0.3 is 15.4 Å². The molecular weight excluding hydrogens is 326 g/mol. The fraction of sp³-hybridized carbons (Fsp3) is 0.562. The van der Waals surface area contributed by atoms with E-state index in [-0.39, 0.29) is 30.1 Å². The van der Waals surface area contributed by atoms with Crippen molar-refractivity contribution >= 4 is 24.0 Å². The molecule has 2 N–H and O–H groups in total. The molecule has 4 nitrogen and oxygen atoms in total. The van der Waals surface area contributed by atoms with E-state index in [0.29, 0.717) is 17.6 Å². The molecule has 128 valence electrons. The van der Waals surface area contributed by atoms with Gasteiger partial charge in [-0.2, -0.15) is 8.78 Å². The Morgan fingerprint density at radius 3 is 2.83 bits per heavy atom. The molecule has 1 amide bonds. The summed E-state index contributed by atoms with van der Waals surface area (Å²) < 4.78 is 28.8. The molecule has 1 saturated heterocycles. The number of rotatable bonds is 4. The summed E-state index contributed by atoms with van der Waals surface area (Å²) in [7, 11) is 0. The Balaban J connectivity index is 0.00000192. The standard InChI is InChI=1S/C16H20F2N2O2.ClH/c17-16(18)22-12-6-3-5-11(9-12)19-15(21)14-8-10-4-1-2-7-13(10)20-14;/h3,5-6,9-10,13-14,16,20H,1-2,4,7-8H2,(H,19,21);1H. The highest BCUT2D eigenvalue weighted by molar-refractivity contribution is 5.95. The lowest BCUT2D eigenvalue weighted by Gasteiger charge is -2.24. The maximum atomic E-state index is 12.3. The van der Waals surface area contributed by atoms with Crippen molar-refractivity contribution in [3.63, 3.8) is 0 Å². The summed E-state index contributed by atoms with van der Waals surface area (Å²) in [5.74, 6) is 0.516. The first-order valence-corrected chi connectivity index (χ1v) is 7.73. The van der Waals surface area contributed by atoms with E-state index in [1.54, 1.807) is 12.1 Å². The molecule has 1 aromatic rings. The van der Waals surface area contributed by atoms with Crippen LogP contribution in [0.1, 0.15) is 32.1 Å². The van der Waals surface area contributed by atoms with Crippen molar-refractivity contribution in [3.05, 3.63) is 24.3 Å². The lowest BCUT2D eigenvalue weighted by molar-refractivity contribution is -0.117. The van der Waals surface area contributed by atoms with Crippen LogP contribution in [0.2, 0.25) is 0 Å². The molecule has 2 aliphatic rings. The van der Waals surface area contributed by atoms with E-state index in [1.807, 2.05) is 0 Å². The predicted octanol–water partition coefficient (Wildman–Crippen LogP) is 3.57. The number of nitrogens with one attached hydrogen (secondary N) is 2. The Kier molecular flexibility index (Phi) is 6.18. The van der Waals surface area contributed by atoms with Crippen LogP contribution in [0.5, 0.6) is 5.75 Å². The van der Waals surface area contributed by atoms with Crippen LogP contribution in [-0.2, 0) is 4.79 Å². The highest BCUT2D eigenvalue weighted by Crippen LogP contribution is 2.33. The average molecular weight is 347 g/mol. The van der Waals surface area contributed by atoms with Gasteiger partial charge in [0.05, 0.1) is 6.04 Å². The highest BCUT2D eigenvalue weighted by Gasteiger charge is 2.38. The quantitative estimate of drug-likeness (QED) is 0.876. The number of anilines is 1. The first-order valence-electron chi connectivity index (χ1n) is 7.73. The molecule has 2 fully saturated rings. The summed E-state index contributed by atoms with van der Waals surface area (Å²) in [6, 6.07) is 6.33. The Morgan fingerprint density at radius 2 is 2.09 bits per heavy atom. The Labute approximate surface area is 140 Å². The van der Waals surface area contributed by atoms with Crippen molar-refractivity contribution in [2.75, 3.05) is 5.32 Å². The number of carbonyl (C=O) groups is 1. The van der Waals surface area contributed by atoms with Crippen molar-refractivity contribution in [1.82, 2.24) is 5.32 Å². The third-order valence-electron chi connectivity index (χ3n) is 4.51. The molecule has 0 bridgehead atoms. The topological polar surface area (TPSA) is 50.4 Å². The molecule has 1 aliphatic carbocycles. The number of amides is 1. The second kappa shape index (κ2) is 7.93. The minimum Gasteiger partial charge on any atom is -0.435 e. The normalized spacial score (nSPS) is 26.3. The molecule has 0 spiro atoms. The number of ether oxygens (including phenoxy) is 1. The van der Waals surface area contributed by atoms with Crippen LogP contribution in [0, 0.1) is 5.92 Å². The monoisotopic (exact) mass is 346 g/mol. The molecule has 3 rings (SSSR count). The SMILES string of the molecule is Cl.O=C(Nc1cccc(OC(F)F)c1)C1CC2CCCCC2N1. The van der Waals surface area contributed by atoms with E-state index >= 15 is 0 Å². The molecule has 3 unspecified atom stereocenters. The third kappa shape index (κ3) is 4.54. The maximum Gasteiger partial charge on any atom is 0.387 e. The van der Waals surface area contributed by atoms with Crippen LogP contribution in [0.15, 0.2) is 24.3 Å². The zero-order valence-electron chi connectivity index (χ0n) is 12.6. The molecular formula is C16H21ClF2N2O2. The Hall–Kier alpha value is -1.40. The van der Waals surface area contributed by atoms with E-state index in [2.05, 4.69) is 15.4 Å². The van der Waals surface area contributed by atoms with Crippen molar-refractivity contribution in [2.45, 2.75) is 50.8 Å². The molecule has 23 heavy (non-hydrogen) atoms. The average Bonchev–Trinajstić information content (AvgIpc) is 2.91. The molecule has 0 radical (unpaired) electrons. The van der Waals surface area contributed by atoms with Crippen LogP contribution < -0.4 is 15.4 Å². The number of halogens is 3. The van der Waals surface area contributed by atoms with Crippen molar-refractivity contribution in [3.8, 4) is 5.75 Å².